The highest BCUT2D eigenvalue weighted by Gasteiger charge is 2.20. The summed E-state index contributed by atoms with van der Waals surface area (Å²) in [6.45, 7) is 1.30. The van der Waals surface area contributed by atoms with Crippen LogP contribution >= 0.6 is 11.8 Å². The van der Waals surface area contributed by atoms with Crippen LogP contribution in [0.4, 0.5) is 5.69 Å². The Hall–Kier alpha value is -1.47. The fraction of sp³-hybridized carbons (Fsp3) is 0.385. The number of hydrogen-bond acceptors (Lipinski definition) is 4. The minimum atomic E-state index is 0.259. The van der Waals surface area contributed by atoms with E-state index in [0.717, 1.165) is 23.5 Å². The van der Waals surface area contributed by atoms with E-state index in [1.807, 2.05) is 29.4 Å². The normalized spacial score (nSPS) is 15.8. The molecule has 88 valence electrons. The lowest BCUT2D eigenvalue weighted by Crippen LogP contribution is -2.36. The summed E-state index contributed by atoms with van der Waals surface area (Å²) in [7, 11) is 0. The first-order valence-corrected chi connectivity index (χ1v) is 6.82. The number of nitrogens with zero attached hydrogens (tertiary/aromatic N) is 2. The van der Waals surface area contributed by atoms with Crippen LogP contribution in [0, 0.1) is 11.3 Å². The van der Waals surface area contributed by atoms with Gasteiger partial charge in [0.1, 0.15) is 6.07 Å². The van der Waals surface area contributed by atoms with Crippen LogP contribution in [0.2, 0.25) is 0 Å². The van der Waals surface area contributed by atoms with E-state index in [1.54, 1.807) is 11.8 Å². The van der Waals surface area contributed by atoms with Crippen molar-refractivity contribution in [2.75, 3.05) is 24.2 Å². The minimum Gasteiger partial charge on any atom is -0.363 e. The fourth-order valence-corrected chi connectivity index (χ4v) is 2.68. The Bertz CT molecular complexity index is 479. The van der Waals surface area contributed by atoms with Gasteiger partial charge in [0.15, 0.2) is 5.78 Å². The molecule has 3 nitrogen and oxygen atoms in total. The molecule has 4 heteroatoms. The second kappa shape index (κ2) is 5.24. The van der Waals surface area contributed by atoms with E-state index >= 15 is 0 Å². The lowest BCUT2D eigenvalue weighted by Gasteiger charge is -2.29. The number of Topliss-reactive ketones (excluding diaryl/α,β-unsaturated/α-hetero) is 1. The molecule has 0 spiro atoms. The third-order valence-corrected chi connectivity index (χ3v) is 3.71. The van der Waals surface area contributed by atoms with Gasteiger partial charge in [-0.25, -0.2) is 0 Å². The molecule has 0 unspecified atom stereocenters. The molecule has 0 aromatic heterocycles. The van der Waals surface area contributed by atoms with E-state index in [9.17, 15) is 10.1 Å². The summed E-state index contributed by atoms with van der Waals surface area (Å²) in [5.41, 5.74) is 1.59. The predicted molar refractivity (Wildman–Crippen MR) is 69.4 cm³/mol. The van der Waals surface area contributed by atoms with Gasteiger partial charge < -0.3 is 4.90 Å². The maximum absolute atomic E-state index is 11.5. The van der Waals surface area contributed by atoms with E-state index in [0.29, 0.717) is 18.5 Å². The van der Waals surface area contributed by atoms with Crippen molar-refractivity contribution in [2.24, 2.45) is 0 Å². The van der Waals surface area contributed by atoms with Crippen molar-refractivity contribution in [3.8, 4) is 6.07 Å². The summed E-state index contributed by atoms with van der Waals surface area (Å²) >= 11 is 1.56. The van der Waals surface area contributed by atoms with Crippen molar-refractivity contribution in [3.63, 3.8) is 0 Å². The summed E-state index contributed by atoms with van der Waals surface area (Å²) in [6.07, 6.45) is 3.51. The van der Waals surface area contributed by atoms with E-state index in [-0.39, 0.29) is 5.78 Å². The Morgan fingerprint density at radius 1 is 1.47 bits per heavy atom. The van der Waals surface area contributed by atoms with Crippen LogP contribution in [0.25, 0.3) is 0 Å². The average molecular weight is 246 g/mol. The zero-order valence-corrected chi connectivity index (χ0v) is 10.6. The monoisotopic (exact) mass is 246 g/mol. The summed E-state index contributed by atoms with van der Waals surface area (Å²) in [4.78, 5) is 14.5. The molecule has 0 atom stereocenters. The second-order valence-corrected chi connectivity index (χ2v) is 4.88. The Morgan fingerprint density at radius 3 is 2.94 bits per heavy atom. The summed E-state index contributed by atoms with van der Waals surface area (Å²) in [5.74, 6) is 0.259. The molecule has 1 aliphatic rings. The standard InChI is InChI=1S/C13H14N2OS/c1-17-13-6-2-5-12(11(13)8-14)15-7-3-4-10(16)9-15/h2,5-6H,3-4,7,9H2,1H3. The van der Waals surface area contributed by atoms with E-state index in [4.69, 9.17) is 0 Å². The van der Waals surface area contributed by atoms with Crippen molar-refractivity contribution < 1.29 is 4.79 Å². The van der Waals surface area contributed by atoms with Gasteiger partial charge in [-0.15, -0.1) is 11.8 Å². The van der Waals surface area contributed by atoms with Gasteiger partial charge in [-0.2, -0.15) is 5.26 Å². The van der Waals surface area contributed by atoms with Crippen molar-refractivity contribution >= 4 is 23.2 Å². The molecule has 1 fully saturated rings. The van der Waals surface area contributed by atoms with Gasteiger partial charge in [0.05, 0.1) is 17.8 Å². The SMILES string of the molecule is CSc1cccc(N2CCCC(=O)C2)c1C#N. The van der Waals surface area contributed by atoms with Crippen LogP contribution in [0.3, 0.4) is 0 Å². The molecule has 0 radical (unpaired) electrons. The molecule has 0 aliphatic carbocycles. The minimum absolute atomic E-state index is 0.259. The third kappa shape index (κ3) is 2.45. The van der Waals surface area contributed by atoms with Gasteiger partial charge in [0.2, 0.25) is 0 Å². The number of nitriles is 1. The summed E-state index contributed by atoms with van der Waals surface area (Å²) < 4.78 is 0. The van der Waals surface area contributed by atoms with Gasteiger partial charge >= 0.3 is 0 Å². The first kappa shape index (κ1) is 12.0. The number of benzene rings is 1. The highest BCUT2D eigenvalue weighted by Crippen LogP contribution is 2.30. The highest BCUT2D eigenvalue weighted by molar-refractivity contribution is 7.98. The molecule has 1 aromatic rings. The molecular formula is C13H14N2OS. The van der Waals surface area contributed by atoms with Crippen molar-refractivity contribution in [1.82, 2.24) is 0 Å². The zero-order chi connectivity index (χ0) is 12.3. The lowest BCUT2D eigenvalue weighted by atomic mass is 10.1. The highest BCUT2D eigenvalue weighted by atomic mass is 32.2. The van der Waals surface area contributed by atoms with Crippen LogP contribution in [-0.2, 0) is 4.79 Å². The van der Waals surface area contributed by atoms with Crippen molar-refractivity contribution in [1.29, 1.82) is 5.26 Å². The number of hydrogen-bond donors (Lipinski definition) is 0. The second-order valence-electron chi connectivity index (χ2n) is 4.03. The Kier molecular flexibility index (Phi) is 3.70. The summed E-state index contributed by atoms with van der Waals surface area (Å²) in [6, 6.07) is 8.07. The quantitative estimate of drug-likeness (QED) is 0.752. The molecule has 17 heavy (non-hydrogen) atoms. The fourth-order valence-electron chi connectivity index (χ4n) is 2.11. The predicted octanol–water partition coefficient (Wildman–Crippen LogP) is 2.45. The van der Waals surface area contributed by atoms with Gasteiger partial charge in [-0.3, -0.25) is 4.79 Å². The number of anilines is 1. The molecule has 1 aliphatic heterocycles. The van der Waals surface area contributed by atoms with E-state index in [2.05, 4.69) is 6.07 Å². The van der Waals surface area contributed by atoms with Crippen LogP contribution in [0.5, 0.6) is 0 Å². The molecule has 0 bridgehead atoms. The topological polar surface area (TPSA) is 44.1 Å². The number of piperidine rings is 1. The first-order chi connectivity index (χ1) is 8.26. The third-order valence-electron chi connectivity index (χ3n) is 2.93. The van der Waals surface area contributed by atoms with E-state index < -0.39 is 0 Å². The zero-order valence-electron chi connectivity index (χ0n) is 9.77. The van der Waals surface area contributed by atoms with Gasteiger partial charge in [-0.05, 0) is 24.8 Å². The smallest absolute Gasteiger partial charge is 0.152 e. The maximum atomic E-state index is 11.5. The molecule has 0 amide bonds. The lowest BCUT2D eigenvalue weighted by molar-refractivity contribution is -0.118. The van der Waals surface area contributed by atoms with E-state index in [1.165, 1.54) is 0 Å². The average Bonchev–Trinajstić information content (AvgIpc) is 2.37. The van der Waals surface area contributed by atoms with Crippen LogP contribution in [0.15, 0.2) is 23.1 Å². The largest absolute Gasteiger partial charge is 0.363 e. The van der Waals surface area contributed by atoms with Crippen molar-refractivity contribution in [3.05, 3.63) is 23.8 Å². The first-order valence-electron chi connectivity index (χ1n) is 5.60. The van der Waals surface area contributed by atoms with Crippen LogP contribution in [0.1, 0.15) is 18.4 Å². The van der Waals surface area contributed by atoms with Crippen molar-refractivity contribution in [2.45, 2.75) is 17.7 Å². The Labute approximate surface area is 105 Å². The van der Waals surface area contributed by atoms with Crippen LogP contribution in [-0.4, -0.2) is 25.1 Å². The molecule has 0 saturated carbocycles. The summed E-state index contributed by atoms with van der Waals surface area (Å²) in [5, 5.41) is 9.25. The van der Waals surface area contributed by atoms with Gasteiger partial charge in [-0.1, -0.05) is 6.07 Å². The number of carbonyl (C=O) groups excluding carboxylic acids is 1. The molecule has 1 saturated heterocycles. The maximum Gasteiger partial charge on any atom is 0.152 e. The number of rotatable bonds is 2. The van der Waals surface area contributed by atoms with Crippen LogP contribution < -0.4 is 4.90 Å². The molecule has 0 N–H and O–H groups in total. The Morgan fingerprint density at radius 2 is 2.29 bits per heavy atom. The molecule has 2 rings (SSSR count). The van der Waals surface area contributed by atoms with Gasteiger partial charge in [0.25, 0.3) is 0 Å². The number of thioether (sulfide) groups is 1. The molecule has 1 heterocycles. The Balaban J connectivity index is 2.38. The molecular weight excluding hydrogens is 232 g/mol. The number of carbonyl (C=O) groups is 1. The molecule has 1 aromatic carbocycles. The van der Waals surface area contributed by atoms with Gasteiger partial charge in [0, 0.05) is 17.9 Å². The number of ketones is 1.